The van der Waals surface area contributed by atoms with Gasteiger partial charge in [0, 0.05) is 41.9 Å². The van der Waals surface area contributed by atoms with E-state index in [1.807, 2.05) is 12.1 Å². The molecule has 0 aliphatic carbocycles. The van der Waals surface area contributed by atoms with Crippen molar-refractivity contribution >= 4 is 17.3 Å². The Morgan fingerprint density at radius 3 is 2.89 bits per heavy atom. The van der Waals surface area contributed by atoms with Crippen molar-refractivity contribution in [1.29, 1.82) is 0 Å². The van der Waals surface area contributed by atoms with Gasteiger partial charge in [-0.15, -0.1) is 0 Å². The van der Waals surface area contributed by atoms with E-state index >= 15 is 0 Å². The maximum atomic E-state index is 6.23. The molecule has 1 unspecified atom stereocenters. The van der Waals surface area contributed by atoms with E-state index in [9.17, 15) is 0 Å². The lowest BCUT2D eigenvalue weighted by molar-refractivity contribution is 0.258. The van der Waals surface area contributed by atoms with Crippen molar-refractivity contribution in [3.05, 3.63) is 28.8 Å². The molecule has 1 heterocycles. The summed E-state index contributed by atoms with van der Waals surface area (Å²) < 4.78 is 0. The fourth-order valence-corrected chi connectivity index (χ4v) is 2.89. The molecule has 2 N–H and O–H groups in total. The van der Waals surface area contributed by atoms with Gasteiger partial charge in [0.2, 0.25) is 0 Å². The molecule has 3 nitrogen and oxygen atoms in total. The summed E-state index contributed by atoms with van der Waals surface area (Å²) in [5, 5.41) is 0.780. The first kappa shape index (κ1) is 13.7. The Morgan fingerprint density at radius 2 is 2.22 bits per heavy atom. The minimum atomic E-state index is 0.498. The average Bonchev–Trinajstić information content (AvgIpc) is 2.38. The van der Waals surface area contributed by atoms with Crippen LogP contribution in [0.5, 0.6) is 0 Å². The predicted molar refractivity (Wildman–Crippen MR) is 78.3 cm³/mol. The Hall–Kier alpha value is -0.770. The van der Waals surface area contributed by atoms with Gasteiger partial charge in [-0.05, 0) is 39.1 Å². The van der Waals surface area contributed by atoms with Crippen LogP contribution in [0.3, 0.4) is 0 Å². The molecule has 100 valence electrons. The number of likely N-dealkylation sites (N-methyl/N-ethyl adjacent to an activating group) is 1. The van der Waals surface area contributed by atoms with Gasteiger partial charge in [-0.25, -0.2) is 0 Å². The molecular formula is C14H22ClN3. The molecule has 0 amide bonds. The number of anilines is 1. The normalized spacial score (nSPS) is 20.5. The molecule has 4 heteroatoms. The number of halogens is 1. The van der Waals surface area contributed by atoms with Crippen LogP contribution >= 0.6 is 11.6 Å². The molecule has 1 aromatic rings. The zero-order chi connectivity index (χ0) is 13.1. The smallest absolute Gasteiger partial charge is 0.0471 e. The lowest BCUT2D eigenvalue weighted by Crippen LogP contribution is -2.45. The summed E-state index contributed by atoms with van der Waals surface area (Å²) in [7, 11) is 4.30. The molecule has 0 spiro atoms. The highest BCUT2D eigenvalue weighted by molar-refractivity contribution is 6.31. The molecule has 1 aliphatic heterocycles. The van der Waals surface area contributed by atoms with Crippen LogP contribution in [0.4, 0.5) is 5.69 Å². The summed E-state index contributed by atoms with van der Waals surface area (Å²) in [6.07, 6.45) is 2.49. The van der Waals surface area contributed by atoms with Crippen LogP contribution in [0.15, 0.2) is 18.2 Å². The third-order valence-electron chi connectivity index (χ3n) is 3.77. The highest BCUT2D eigenvalue weighted by Gasteiger charge is 2.23. The number of hydrogen-bond acceptors (Lipinski definition) is 3. The second-order valence-corrected chi connectivity index (χ2v) is 5.55. The molecule has 0 saturated carbocycles. The zero-order valence-corrected chi connectivity index (χ0v) is 12.0. The van der Waals surface area contributed by atoms with Gasteiger partial charge in [0.05, 0.1) is 0 Å². The van der Waals surface area contributed by atoms with Crippen LogP contribution < -0.4 is 10.6 Å². The molecular weight excluding hydrogens is 246 g/mol. The van der Waals surface area contributed by atoms with E-state index < -0.39 is 0 Å². The second-order valence-electron chi connectivity index (χ2n) is 5.15. The largest absolute Gasteiger partial charge is 0.370 e. The molecule has 1 aliphatic rings. The topological polar surface area (TPSA) is 32.5 Å². The van der Waals surface area contributed by atoms with Gasteiger partial charge in [-0.2, -0.15) is 0 Å². The number of piperidine rings is 1. The first-order valence-corrected chi connectivity index (χ1v) is 6.90. The van der Waals surface area contributed by atoms with Gasteiger partial charge in [-0.3, -0.25) is 0 Å². The van der Waals surface area contributed by atoms with Gasteiger partial charge >= 0.3 is 0 Å². The van der Waals surface area contributed by atoms with Crippen molar-refractivity contribution in [2.24, 2.45) is 5.73 Å². The van der Waals surface area contributed by atoms with Gasteiger partial charge < -0.3 is 15.5 Å². The summed E-state index contributed by atoms with van der Waals surface area (Å²) in [5.74, 6) is 0. The molecule has 1 atom stereocenters. The quantitative estimate of drug-likeness (QED) is 0.912. The van der Waals surface area contributed by atoms with E-state index in [1.165, 1.54) is 18.5 Å². The molecule has 1 aromatic carbocycles. The first-order chi connectivity index (χ1) is 8.63. The number of hydrogen-bond donors (Lipinski definition) is 1. The van der Waals surface area contributed by atoms with Gasteiger partial charge in [0.15, 0.2) is 0 Å². The van der Waals surface area contributed by atoms with E-state index in [1.54, 1.807) is 0 Å². The molecule has 2 rings (SSSR count). The van der Waals surface area contributed by atoms with Crippen molar-refractivity contribution in [2.45, 2.75) is 25.4 Å². The van der Waals surface area contributed by atoms with Crippen LogP contribution in [0.2, 0.25) is 5.02 Å². The number of nitrogens with zero attached hydrogens (tertiary/aromatic N) is 2. The molecule has 0 aromatic heterocycles. The third-order valence-corrected chi connectivity index (χ3v) is 4.12. The summed E-state index contributed by atoms with van der Waals surface area (Å²) in [5.41, 5.74) is 8.10. The van der Waals surface area contributed by atoms with Crippen LogP contribution in [-0.2, 0) is 6.54 Å². The van der Waals surface area contributed by atoms with Crippen molar-refractivity contribution in [3.8, 4) is 0 Å². The summed E-state index contributed by atoms with van der Waals surface area (Å²) >= 11 is 6.23. The lowest BCUT2D eigenvalue weighted by Gasteiger charge is -2.38. The van der Waals surface area contributed by atoms with Crippen LogP contribution in [-0.4, -0.2) is 38.1 Å². The summed E-state index contributed by atoms with van der Waals surface area (Å²) in [6, 6.07) is 6.67. The standard InChI is InChI=1S/C14H22ClN3/c1-17(2)11-5-4-8-18(10-11)14-7-3-6-13(15)12(14)9-16/h3,6-7,11H,4-5,8-10,16H2,1-2H3. The number of benzene rings is 1. The maximum absolute atomic E-state index is 6.23. The van der Waals surface area contributed by atoms with Crippen molar-refractivity contribution < 1.29 is 0 Å². The summed E-state index contributed by atoms with van der Waals surface area (Å²) in [6.45, 7) is 2.65. The SMILES string of the molecule is CN(C)C1CCCN(c2cccc(Cl)c2CN)C1. The van der Waals surface area contributed by atoms with E-state index in [4.69, 9.17) is 17.3 Å². The monoisotopic (exact) mass is 267 g/mol. The van der Waals surface area contributed by atoms with Crippen LogP contribution in [0.25, 0.3) is 0 Å². The van der Waals surface area contributed by atoms with Crippen molar-refractivity contribution in [3.63, 3.8) is 0 Å². The van der Waals surface area contributed by atoms with Gasteiger partial charge in [0.25, 0.3) is 0 Å². The van der Waals surface area contributed by atoms with E-state index in [0.29, 0.717) is 12.6 Å². The number of nitrogens with two attached hydrogens (primary N) is 1. The third kappa shape index (κ3) is 2.79. The molecule has 0 bridgehead atoms. The second kappa shape index (κ2) is 5.91. The Morgan fingerprint density at radius 1 is 1.44 bits per heavy atom. The van der Waals surface area contributed by atoms with Crippen LogP contribution in [0.1, 0.15) is 18.4 Å². The lowest BCUT2D eigenvalue weighted by atomic mass is 10.0. The highest BCUT2D eigenvalue weighted by Crippen LogP contribution is 2.29. The summed E-state index contributed by atoms with van der Waals surface area (Å²) in [4.78, 5) is 4.72. The minimum absolute atomic E-state index is 0.498. The van der Waals surface area contributed by atoms with Gasteiger partial charge in [-0.1, -0.05) is 17.7 Å². The molecule has 0 radical (unpaired) electrons. The van der Waals surface area contributed by atoms with Crippen LogP contribution in [0, 0.1) is 0 Å². The van der Waals surface area contributed by atoms with E-state index in [2.05, 4.69) is 30.0 Å². The fraction of sp³-hybridized carbons (Fsp3) is 0.571. The van der Waals surface area contributed by atoms with Crippen molar-refractivity contribution in [1.82, 2.24) is 4.90 Å². The van der Waals surface area contributed by atoms with Crippen molar-refractivity contribution in [2.75, 3.05) is 32.1 Å². The van der Waals surface area contributed by atoms with E-state index in [-0.39, 0.29) is 0 Å². The molecule has 1 fully saturated rings. The van der Waals surface area contributed by atoms with Gasteiger partial charge in [0.1, 0.15) is 0 Å². The van der Waals surface area contributed by atoms with E-state index in [0.717, 1.165) is 23.7 Å². The average molecular weight is 268 g/mol. The number of rotatable bonds is 3. The minimum Gasteiger partial charge on any atom is -0.370 e. The Balaban J connectivity index is 2.23. The highest BCUT2D eigenvalue weighted by atomic mass is 35.5. The maximum Gasteiger partial charge on any atom is 0.0471 e. The molecule has 18 heavy (non-hydrogen) atoms. The zero-order valence-electron chi connectivity index (χ0n) is 11.2. The fourth-order valence-electron chi connectivity index (χ4n) is 2.64. The predicted octanol–water partition coefficient (Wildman–Crippen LogP) is 2.33. The first-order valence-electron chi connectivity index (χ1n) is 6.52. The Kier molecular flexibility index (Phi) is 4.49. The Labute approximate surface area is 115 Å². The Bertz CT molecular complexity index is 406. The molecule has 1 saturated heterocycles.